The largest absolute Gasteiger partial charge is 0.508 e. The summed E-state index contributed by atoms with van der Waals surface area (Å²) in [6.07, 6.45) is 2.49. The molecule has 2 atom stereocenters. The Hall–Kier alpha value is -1.42. The van der Waals surface area contributed by atoms with E-state index in [0.717, 1.165) is 18.7 Å². The average molecular weight is 235 g/mol. The zero-order valence-corrected chi connectivity index (χ0v) is 9.93. The summed E-state index contributed by atoms with van der Waals surface area (Å²) >= 11 is 0. The van der Waals surface area contributed by atoms with E-state index < -0.39 is 0 Å². The Morgan fingerprint density at radius 2 is 2.24 bits per heavy atom. The first-order valence-corrected chi connectivity index (χ1v) is 6.07. The molecule has 4 heteroatoms. The zero-order valence-electron chi connectivity index (χ0n) is 9.93. The molecule has 2 aliphatic rings. The minimum atomic E-state index is 0.0968. The number of phenolic OH excluding ortho intramolecular Hbond substituents is 1. The fraction of sp³-hybridized carbons (Fsp3) is 0.538. The topological polar surface area (TPSA) is 41.9 Å². The number of fused-ring (bicyclic) bond motifs is 1. The summed E-state index contributed by atoms with van der Waals surface area (Å²) in [5.41, 5.74) is 0. The van der Waals surface area contributed by atoms with Crippen molar-refractivity contribution in [2.24, 2.45) is 0 Å². The molecule has 0 spiro atoms. The van der Waals surface area contributed by atoms with E-state index >= 15 is 0 Å². The van der Waals surface area contributed by atoms with Crippen LogP contribution in [0.4, 0.5) is 0 Å². The van der Waals surface area contributed by atoms with Gasteiger partial charge >= 0.3 is 0 Å². The van der Waals surface area contributed by atoms with Gasteiger partial charge < -0.3 is 14.6 Å². The van der Waals surface area contributed by atoms with Crippen LogP contribution in [0.25, 0.3) is 0 Å². The van der Waals surface area contributed by atoms with Gasteiger partial charge in [-0.15, -0.1) is 0 Å². The second kappa shape index (κ2) is 4.11. The first-order chi connectivity index (χ1) is 8.24. The molecule has 17 heavy (non-hydrogen) atoms. The van der Waals surface area contributed by atoms with Crippen LogP contribution in [0.1, 0.15) is 12.8 Å². The number of phenols is 1. The summed E-state index contributed by atoms with van der Waals surface area (Å²) in [4.78, 5) is 2.33. The molecule has 1 aromatic rings. The van der Waals surface area contributed by atoms with Crippen LogP contribution in [0.5, 0.6) is 17.2 Å². The predicted octanol–water partition coefficient (Wildman–Crippen LogP) is 1.63. The van der Waals surface area contributed by atoms with Gasteiger partial charge in [-0.1, -0.05) is 0 Å². The molecular weight excluding hydrogens is 218 g/mol. The van der Waals surface area contributed by atoms with Crippen LogP contribution >= 0.6 is 0 Å². The van der Waals surface area contributed by atoms with Crippen molar-refractivity contribution in [1.29, 1.82) is 0 Å². The fourth-order valence-corrected chi connectivity index (χ4v) is 2.67. The maximum absolute atomic E-state index is 9.36. The van der Waals surface area contributed by atoms with Crippen molar-refractivity contribution < 1.29 is 14.6 Å². The smallest absolute Gasteiger partial charge is 0.165 e. The number of rotatable bonds is 1. The lowest BCUT2D eigenvalue weighted by Gasteiger charge is -2.33. The average Bonchev–Trinajstić information content (AvgIpc) is 2.75. The Kier molecular flexibility index (Phi) is 2.59. The summed E-state index contributed by atoms with van der Waals surface area (Å²) in [5, 5.41) is 9.36. The van der Waals surface area contributed by atoms with Crippen molar-refractivity contribution in [3.05, 3.63) is 18.2 Å². The molecule has 0 saturated carbocycles. The van der Waals surface area contributed by atoms with Gasteiger partial charge in [-0.05, 0) is 38.6 Å². The Morgan fingerprint density at radius 1 is 1.35 bits per heavy atom. The van der Waals surface area contributed by atoms with Gasteiger partial charge in [0.2, 0.25) is 0 Å². The summed E-state index contributed by atoms with van der Waals surface area (Å²) in [5.74, 6) is 1.59. The number of hydrogen-bond acceptors (Lipinski definition) is 4. The zero-order chi connectivity index (χ0) is 11.8. The molecule has 1 saturated heterocycles. The Morgan fingerprint density at radius 3 is 3.00 bits per heavy atom. The van der Waals surface area contributed by atoms with Gasteiger partial charge in [0.25, 0.3) is 0 Å². The number of nitrogens with zero attached hydrogens (tertiary/aromatic N) is 1. The van der Waals surface area contributed by atoms with Crippen molar-refractivity contribution in [3.8, 4) is 17.2 Å². The molecule has 0 aromatic heterocycles. The second-order valence-electron chi connectivity index (χ2n) is 4.79. The highest BCUT2D eigenvalue weighted by Crippen LogP contribution is 2.36. The molecule has 92 valence electrons. The van der Waals surface area contributed by atoms with Gasteiger partial charge in [0.1, 0.15) is 18.5 Å². The molecule has 0 aliphatic carbocycles. The van der Waals surface area contributed by atoms with Crippen molar-refractivity contribution >= 4 is 0 Å². The molecule has 1 N–H and O–H groups in total. The van der Waals surface area contributed by atoms with Crippen LogP contribution < -0.4 is 9.47 Å². The van der Waals surface area contributed by atoms with Crippen LogP contribution in [0, 0.1) is 0 Å². The van der Waals surface area contributed by atoms with Crippen LogP contribution in [0.15, 0.2) is 18.2 Å². The standard InChI is InChI=1S/C13H17NO3/c1-14-6-2-3-10(14)13-8-16-12-7-9(15)4-5-11(12)17-13/h4-5,7,10,13,15H,2-3,6,8H2,1H3/t10-,13-/m0/s1. The Bertz CT molecular complexity index is 421. The van der Waals surface area contributed by atoms with E-state index in [9.17, 15) is 5.11 Å². The Balaban J connectivity index is 1.78. The highest BCUT2D eigenvalue weighted by molar-refractivity contribution is 5.46. The van der Waals surface area contributed by atoms with Gasteiger partial charge in [0, 0.05) is 12.1 Å². The van der Waals surface area contributed by atoms with Crippen molar-refractivity contribution in [3.63, 3.8) is 0 Å². The highest BCUT2D eigenvalue weighted by Gasteiger charge is 2.34. The molecule has 2 aliphatic heterocycles. The first kappa shape index (κ1) is 10.7. The van der Waals surface area contributed by atoms with E-state index in [0.29, 0.717) is 18.4 Å². The van der Waals surface area contributed by atoms with E-state index in [1.165, 1.54) is 6.42 Å². The molecule has 0 bridgehead atoms. The van der Waals surface area contributed by atoms with E-state index in [1.54, 1.807) is 18.2 Å². The minimum Gasteiger partial charge on any atom is -0.508 e. The van der Waals surface area contributed by atoms with Gasteiger partial charge in [-0.2, -0.15) is 0 Å². The van der Waals surface area contributed by atoms with E-state index in [2.05, 4.69) is 11.9 Å². The van der Waals surface area contributed by atoms with Crippen molar-refractivity contribution in [2.45, 2.75) is 25.0 Å². The summed E-state index contributed by atoms with van der Waals surface area (Å²) in [6, 6.07) is 5.44. The SMILES string of the molecule is CN1CCC[C@H]1[C@@H]1COc2cc(O)ccc2O1. The number of aromatic hydroxyl groups is 1. The normalized spacial score (nSPS) is 28.3. The third kappa shape index (κ3) is 1.93. The van der Waals surface area contributed by atoms with E-state index in [-0.39, 0.29) is 11.9 Å². The molecule has 2 heterocycles. The summed E-state index contributed by atoms with van der Waals surface area (Å²) in [7, 11) is 2.13. The van der Waals surface area contributed by atoms with Gasteiger partial charge in [-0.3, -0.25) is 4.90 Å². The predicted molar refractivity (Wildman–Crippen MR) is 63.7 cm³/mol. The molecule has 0 radical (unpaired) electrons. The maximum atomic E-state index is 9.36. The molecule has 1 aromatic carbocycles. The Labute approximate surface area is 101 Å². The highest BCUT2D eigenvalue weighted by atomic mass is 16.6. The third-order valence-corrected chi connectivity index (χ3v) is 3.61. The van der Waals surface area contributed by atoms with Crippen molar-refractivity contribution in [2.75, 3.05) is 20.2 Å². The van der Waals surface area contributed by atoms with Crippen LogP contribution in [-0.2, 0) is 0 Å². The molecule has 0 amide bonds. The van der Waals surface area contributed by atoms with Gasteiger partial charge in [0.15, 0.2) is 11.5 Å². The molecule has 0 unspecified atom stereocenters. The lowest BCUT2D eigenvalue weighted by Crippen LogP contribution is -2.45. The van der Waals surface area contributed by atoms with Crippen LogP contribution in [0.2, 0.25) is 0 Å². The summed E-state index contributed by atoms with van der Waals surface area (Å²) in [6.45, 7) is 1.69. The fourth-order valence-electron chi connectivity index (χ4n) is 2.67. The lowest BCUT2D eigenvalue weighted by molar-refractivity contribution is 0.0367. The molecule has 4 nitrogen and oxygen atoms in total. The van der Waals surface area contributed by atoms with E-state index in [4.69, 9.17) is 9.47 Å². The maximum Gasteiger partial charge on any atom is 0.165 e. The number of benzene rings is 1. The molecule has 1 fully saturated rings. The number of hydrogen-bond donors (Lipinski definition) is 1. The monoisotopic (exact) mass is 235 g/mol. The third-order valence-electron chi connectivity index (χ3n) is 3.61. The second-order valence-corrected chi connectivity index (χ2v) is 4.79. The minimum absolute atomic E-state index is 0.0968. The molecule has 3 rings (SSSR count). The van der Waals surface area contributed by atoms with E-state index in [1.807, 2.05) is 0 Å². The lowest BCUT2D eigenvalue weighted by atomic mass is 10.1. The summed E-state index contributed by atoms with van der Waals surface area (Å²) < 4.78 is 11.6. The first-order valence-electron chi connectivity index (χ1n) is 6.07. The number of likely N-dealkylation sites (N-methyl/N-ethyl adjacent to an activating group) is 1. The molecular formula is C13H17NO3. The quantitative estimate of drug-likeness (QED) is 0.803. The van der Waals surface area contributed by atoms with Gasteiger partial charge in [-0.25, -0.2) is 0 Å². The van der Waals surface area contributed by atoms with Crippen LogP contribution in [0.3, 0.4) is 0 Å². The van der Waals surface area contributed by atoms with Crippen LogP contribution in [-0.4, -0.2) is 42.4 Å². The number of likely N-dealkylation sites (tertiary alicyclic amines) is 1. The van der Waals surface area contributed by atoms with Crippen molar-refractivity contribution in [1.82, 2.24) is 4.90 Å². The van der Waals surface area contributed by atoms with Gasteiger partial charge in [0.05, 0.1) is 0 Å². The number of ether oxygens (including phenoxy) is 2.